The van der Waals surface area contributed by atoms with E-state index in [1.54, 1.807) is 18.3 Å². The highest BCUT2D eigenvalue weighted by atomic mass is 79.9. The Hall–Kier alpha value is -0.940. The van der Waals surface area contributed by atoms with E-state index in [1.165, 1.54) is 32.1 Å². The lowest BCUT2D eigenvalue weighted by molar-refractivity contribution is 0.0273. The Morgan fingerprint density at radius 1 is 1.40 bits per heavy atom. The molecule has 1 amide bonds. The van der Waals surface area contributed by atoms with Crippen molar-refractivity contribution in [3.8, 4) is 0 Å². The van der Waals surface area contributed by atoms with E-state index in [0.29, 0.717) is 22.8 Å². The predicted molar refractivity (Wildman–Crippen MR) is 81.7 cm³/mol. The maximum Gasteiger partial charge on any atom is 0.254 e. The van der Waals surface area contributed by atoms with E-state index in [2.05, 4.69) is 26.2 Å². The number of halogens is 1. The SMILES string of the molecule is O=C(NCCCOC1CCCCC1)c1cccnc1Br. The van der Waals surface area contributed by atoms with Gasteiger partial charge in [0.05, 0.1) is 11.7 Å². The summed E-state index contributed by atoms with van der Waals surface area (Å²) in [6, 6.07) is 3.51. The van der Waals surface area contributed by atoms with Crippen LogP contribution in [0.4, 0.5) is 0 Å². The summed E-state index contributed by atoms with van der Waals surface area (Å²) in [6.07, 6.45) is 9.23. The molecule has 4 nitrogen and oxygen atoms in total. The molecule has 1 N–H and O–H groups in total. The molecular formula is C15H21BrN2O2. The molecule has 1 heterocycles. The first kappa shape index (κ1) is 15.4. The van der Waals surface area contributed by atoms with Crippen molar-refractivity contribution in [1.29, 1.82) is 0 Å². The molecule has 0 unspecified atom stereocenters. The number of carbonyl (C=O) groups is 1. The van der Waals surface area contributed by atoms with Gasteiger partial charge in [0.1, 0.15) is 4.60 Å². The highest BCUT2D eigenvalue weighted by molar-refractivity contribution is 9.10. The van der Waals surface area contributed by atoms with Crippen LogP contribution < -0.4 is 5.32 Å². The number of pyridine rings is 1. The fourth-order valence-electron chi connectivity index (χ4n) is 2.41. The number of aromatic nitrogens is 1. The first-order valence-electron chi connectivity index (χ1n) is 7.27. The molecule has 0 atom stereocenters. The van der Waals surface area contributed by atoms with Gasteiger partial charge in [0, 0.05) is 19.3 Å². The highest BCUT2D eigenvalue weighted by Crippen LogP contribution is 2.20. The monoisotopic (exact) mass is 340 g/mol. The fourth-order valence-corrected chi connectivity index (χ4v) is 2.84. The zero-order chi connectivity index (χ0) is 14.2. The van der Waals surface area contributed by atoms with Crippen molar-refractivity contribution in [2.45, 2.75) is 44.6 Å². The Labute approximate surface area is 128 Å². The van der Waals surface area contributed by atoms with Crippen LogP contribution in [0.3, 0.4) is 0 Å². The predicted octanol–water partition coefficient (Wildman–Crippen LogP) is 3.31. The van der Waals surface area contributed by atoms with Crippen LogP contribution in [-0.4, -0.2) is 30.1 Å². The van der Waals surface area contributed by atoms with Gasteiger partial charge in [-0.3, -0.25) is 4.79 Å². The average molecular weight is 341 g/mol. The Morgan fingerprint density at radius 2 is 2.20 bits per heavy atom. The summed E-state index contributed by atoms with van der Waals surface area (Å²) >= 11 is 3.27. The summed E-state index contributed by atoms with van der Waals surface area (Å²) < 4.78 is 6.40. The van der Waals surface area contributed by atoms with E-state index in [-0.39, 0.29) is 5.91 Å². The third-order valence-corrected chi connectivity index (χ3v) is 4.15. The van der Waals surface area contributed by atoms with Crippen LogP contribution in [0.5, 0.6) is 0 Å². The summed E-state index contributed by atoms with van der Waals surface area (Å²) in [5, 5.41) is 2.89. The van der Waals surface area contributed by atoms with Gasteiger partial charge >= 0.3 is 0 Å². The van der Waals surface area contributed by atoms with Crippen molar-refractivity contribution in [2.75, 3.05) is 13.2 Å². The second kappa shape index (κ2) is 8.37. The fraction of sp³-hybridized carbons (Fsp3) is 0.600. The minimum atomic E-state index is -0.0948. The Bertz CT molecular complexity index is 434. The van der Waals surface area contributed by atoms with Crippen molar-refractivity contribution in [3.63, 3.8) is 0 Å². The first-order valence-corrected chi connectivity index (χ1v) is 8.07. The number of nitrogens with zero attached hydrogens (tertiary/aromatic N) is 1. The van der Waals surface area contributed by atoms with Crippen molar-refractivity contribution in [3.05, 3.63) is 28.5 Å². The smallest absolute Gasteiger partial charge is 0.254 e. The van der Waals surface area contributed by atoms with Crippen LogP contribution >= 0.6 is 15.9 Å². The number of nitrogens with one attached hydrogen (secondary N) is 1. The second-order valence-electron chi connectivity index (χ2n) is 5.08. The Morgan fingerprint density at radius 3 is 2.95 bits per heavy atom. The van der Waals surface area contributed by atoms with Crippen molar-refractivity contribution < 1.29 is 9.53 Å². The molecule has 1 saturated carbocycles. The zero-order valence-corrected chi connectivity index (χ0v) is 13.2. The van der Waals surface area contributed by atoms with Gasteiger partial charge in [-0.15, -0.1) is 0 Å². The number of carbonyl (C=O) groups excluding carboxylic acids is 1. The highest BCUT2D eigenvalue weighted by Gasteiger charge is 2.13. The first-order chi connectivity index (χ1) is 9.77. The molecule has 20 heavy (non-hydrogen) atoms. The van der Waals surface area contributed by atoms with Crippen LogP contribution in [0.15, 0.2) is 22.9 Å². The van der Waals surface area contributed by atoms with E-state index in [1.807, 2.05) is 0 Å². The maximum atomic E-state index is 11.9. The molecule has 0 aliphatic heterocycles. The molecule has 1 aliphatic rings. The second-order valence-corrected chi connectivity index (χ2v) is 5.83. The van der Waals surface area contributed by atoms with E-state index in [0.717, 1.165) is 13.0 Å². The van der Waals surface area contributed by atoms with Gasteiger partial charge in [-0.05, 0) is 47.3 Å². The maximum absolute atomic E-state index is 11.9. The molecule has 2 rings (SSSR count). The molecule has 0 saturated heterocycles. The van der Waals surface area contributed by atoms with Crippen molar-refractivity contribution in [1.82, 2.24) is 10.3 Å². The minimum absolute atomic E-state index is 0.0948. The normalized spacial score (nSPS) is 16.1. The lowest BCUT2D eigenvalue weighted by Crippen LogP contribution is -2.26. The molecule has 1 aliphatic carbocycles. The van der Waals surface area contributed by atoms with E-state index in [9.17, 15) is 4.79 Å². The lowest BCUT2D eigenvalue weighted by Gasteiger charge is -2.21. The van der Waals surface area contributed by atoms with Gasteiger partial charge in [0.25, 0.3) is 5.91 Å². The molecule has 5 heteroatoms. The number of ether oxygens (including phenoxy) is 1. The van der Waals surface area contributed by atoms with Gasteiger partial charge < -0.3 is 10.1 Å². The lowest BCUT2D eigenvalue weighted by atomic mass is 9.98. The van der Waals surface area contributed by atoms with Crippen molar-refractivity contribution >= 4 is 21.8 Å². The third-order valence-electron chi connectivity index (χ3n) is 3.52. The largest absolute Gasteiger partial charge is 0.378 e. The molecule has 110 valence electrons. The molecule has 0 aromatic carbocycles. The molecule has 1 aromatic heterocycles. The molecule has 0 spiro atoms. The van der Waals surface area contributed by atoms with E-state index < -0.39 is 0 Å². The molecular weight excluding hydrogens is 320 g/mol. The van der Waals surface area contributed by atoms with Gasteiger partial charge in [0.2, 0.25) is 0 Å². The van der Waals surface area contributed by atoms with Gasteiger partial charge in [-0.25, -0.2) is 4.98 Å². The molecule has 0 bridgehead atoms. The summed E-state index contributed by atoms with van der Waals surface area (Å²) in [6.45, 7) is 1.35. The van der Waals surface area contributed by atoms with Gasteiger partial charge in [-0.1, -0.05) is 19.3 Å². The molecule has 0 radical (unpaired) electrons. The van der Waals surface area contributed by atoms with Crippen LogP contribution in [-0.2, 0) is 4.74 Å². The molecule has 1 aromatic rings. The molecule has 1 fully saturated rings. The number of rotatable bonds is 6. The van der Waals surface area contributed by atoms with E-state index >= 15 is 0 Å². The van der Waals surface area contributed by atoms with Gasteiger partial charge in [-0.2, -0.15) is 0 Å². The topological polar surface area (TPSA) is 51.2 Å². The van der Waals surface area contributed by atoms with E-state index in [4.69, 9.17) is 4.74 Å². The van der Waals surface area contributed by atoms with Crippen LogP contribution in [0.2, 0.25) is 0 Å². The third kappa shape index (κ3) is 4.87. The minimum Gasteiger partial charge on any atom is -0.378 e. The van der Waals surface area contributed by atoms with Gasteiger partial charge in [0.15, 0.2) is 0 Å². The zero-order valence-electron chi connectivity index (χ0n) is 11.6. The van der Waals surface area contributed by atoms with Crippen LogP contribution in [0.25, 0.3) is 0 Å². The number of amides is 1. The Balaban J connectivity index is 1.61. The number of hydrogen-bond donors (Lipinski definition) is 1. The standard InChI is InChI=1S/C15H21BrN2O2/c16-14-13(8-4-9-17-14)15(19)18-10-5-11-20-12-6-2-1-3-7-12/h4,8-9,12H,1-3,5-7,10-11H2,(H,18,19). The summed E-state index contributed by atoms with van der Waals surface area (Å²) in [4.78, 5) is 15.9. The summed E-state index contributed by atoms with van der Waals surface area (Å²) in [7, 11) is 0. The number of hydrogen-bond acceptors (Lipinski definition) is 3. The summed E-state index contributed by atoms with van der Waals surface area (Å²) in [5.74, 6) is -0.0948. The Kier molecular flexibility index (Phi) is 6.47. The van der Waals surface area contributed by atoms with Crippen molar-refractivity contribution in [2.24, 2.45) is 0 Å². The van der Waals surface area contributed by atoms with Crippen LogP contribution in [0, 0.1) is 0 Å². The average Bonchev–Trinajstić information content (AvgIpc) is 2.48. The quantitative estimate of drug-likeness (QED) is 0.638. The van der Waals surface area contributed by atoms with Crippen LogP contribution in [0.1, 0.15) is 48.9 Å². The summed E-state index contributed by atoms with van der Waals surface area (Å²) in [5.41, 5.74) is 0.570.